The van der Waals surface area contributed by atoms with Crippen LogP contribution in [0.1, 0.15) is 12.0 Å². The van der Waals surface area contributed by atoms with Gasteiger partial charge in [-0.25, -0.2) is 9.97 Å². The van der Waals surface area contributed by atoms with E-state index in [0.717, 1.165) is 36.8 Å². The molecule has 0 bridgehead atoms. The van der Waals surface area contributed by atoms with Crippen LogP contribution in [0.4, 0.5) is 17.3 Å². The summed E-state index contributed by atoms with van der Waals surface area (Å²) in [7, 11) is 5.98. The summed E-state index contributed by atoms with van der Waals surface area (Å²) in [6.45, 7) is 1.71. The molecule has 2 aromatic rings. The lowest BCUT2D eigenvalue weighted by Crippen LogP contribution is -2.35. The Morgan fingerprint density at radius 1 is 1.24 bits per heavy atom. The van der Waals surface area contributed by atoms with Crippen LogP contribution in [0.25, 0.3) is 0 Å². The molecule has 1 aromatic carbocycles. The molecule has 0 amide bonds. The third-order valence-corrected chi connectivity index (χ3v) is 4.93. The van der Waals surface area contributed by atoms with E-state index < -0.39 is 0 Å². The summed E-state index contributed by atoms with van der Waals surface area (Å²) in [6, 6.07) is 10.1. The van der Waals surface area contributed by atoms with Crippen LogP contribution in [0.15, 0.2) is 30.6 Å². The highest BCUT2D eigenvalue weighted by Gasteiger charge is 2.28. The van der Waals surface area contributed by atoms with Gasteiger partial charge in [0.05, 0.1) is 16.3 Å². The van der Waals surface area contributed by atoms with Crippen molar-refractivity contribution in [1.82, 2.24) is 9.97 Å². The molecule has 130 valence electrons. The van der Waals surface area contributed by atoms with Gasteiger partial charge in [-0.3, -0.25) is 0 Å². The fraction of sp³-hybridized carbons (Fsp3) is 0.389. The minimum atomic E-state index is 0.315. The lowest BCUT2D eigenvalue weighted by Gasteiger charge is -2.27. The molecule has 0 N–H and O–H groups in total. The molecular formula is C18H21ClN6. The second-order valence-corrected chi connectivity index (χ2v) is 6.78. The summed E-state index contributed by atoms with van der Waals surface area (Å²) in [5.41, 5.74) is 1.45. The van der Waals surface area contributed by atoms with Crippen LogP contribution < -0.4 is 14.7 Å². The number of aromatic nitrogens is 2. The molecule has 0 saturated carbocycles. The van der Waals surface area contributed by atoms with Crippen molar-refractivity contribution in [3.8, 4) is 6.07 Å². The molecule has 1 fully saturated rings. The van der Waals surface area contributed by atoms with Crippen molar-refractivity contribution in [1.29, 1.82) is 5.26 Å². The number of nitrogens with zero attached hydrogens (tertiary/aromatic N) is 6. The minimum Gasteiger partial charge on any atom is -0.368 e. The van der Waals surface area contributed by atoms with Crippen molar-refractivity contribution in [3.05, 3.63) is 41.2 Å². The number of hydrogen-bond donors (Lipinski definition) is 0. The van der Waals surface area contributed by atoms with Crippen LogP contribution in [0.2, 0.25) is 5.02 Å². The van der Waals surface area contributed by atoms with E-state index in [4.69, 9.17) is 11.6 Å². The fourth-order valence-electron chi connectivity index (χ4n) is 3.13. The highest BCUT2D eigenvalue weighted by molar-refractivity contribution is 6.32. The predicted octanol–water partition coefficient (Wildman–Crippen LogP) is 2.78. The molecule has 1 aliphatic heterocycles. The standard InChI is InChI=1S/C18H21ClN6/c1-23(2)17-9-18(22-12-21-17)24(3)13-7-8-25(11-13)16-6-4-5-15(19)14(16)10-20/h4-6,9,12-13H,7-8,11H2,1-3H3. The molecule has 1 aliphatic rings. The first-order valence-electron chi connectivity index (χ1n) is 8.17. The van der Waals surface area contributed by atoms with Gasteiger partial charge in [0.15, 0.2) is 0 Å². The molecule has 1 unspecified atom stereocenters. The van der Waals surface area contributed by atoms with Gasteiger partial charge in [0.1, 0.15) is 24.0 Å². The average molecular weight is 357 g/mol. The zero-order valence-electron chi connectivity index (χ0n) is 14.6. The lowest BCUT2D eigenvalue weighted by molar-refractivity contribution is 0.683. The second-order valence-electron chi connectivity index (χ2n) is 6.37. The molecule has 1 aromatic heterocycles. The summed E-state index contributed by atoms with van der Waals surface area (Å²) in [6.07, 6.45) is 2.59. The van der Waals surface area contributed by atoms with Crippen molar-refractivity contribution >= 4 is 28.9 Å². The summed E-state index contributed by atoms with van der Waals surface area (Å²) >= 11 is 6.17. The number of likely N-dealkylation sites (N-methyl/N-ethyl adjacent to an activating group) is 1. The van der Waals surface area contributed by atoms with Crippen molar-refractivity contribution in [2.24, 2.45) is 0 Å². The van der Waals surface area contributed by atoms with E-state index in [1.54, 1.807) is 12.4 Å². The van der Waals surface area contributed by atoms with Crippen LogP contribution in [-0.4, -0.2) is 50.2 Å². The van der Waals surface area contributed by atoms with Crippen molar-refractivity contribution in [3.63, 3.8) is 0 Å². The second kappa shape index (κ2) is 7.16. The Bertz CT molecular complexity index is 800. The third-order valence-electron chi connectivity index (χ3n) is 4.61. The number of rotatable bonds is 4. The normalized spacial score (nSPS) is 16.6. The van der Waals surface area contributed by atoms with E-state index in [2.05, 4.69) is 32.9 Å². The molecular weight excluding hydrogens is 336 g/mol. The van der Waals surface area contributed by atoms with E-state index in [0.29, 0.717) is 16.6 Å². The maximum Gasteiger partial charge on any atom is 0.134 e. The predicted molar refractivity (Wildman–Crippen MR) is 102 cm³/mol. The van der Waals surface area contributed by atoms with Gasteiger partial charge >= 0.3 is 0 Å². The summed E-state index contributed by atoms with van der Waals surface area (Å²) in [5, 5.41) is 9.91. The van der Waals surface area contributed by atoms with Gasteiger partial charge in [-0.1, -0.05) is 17.7 Å². The largest absolute Gasteiger partial charge is 0.368 e. The van der Waals surface area contributed by atoms with Crippen molar-refractivity contribution in [2.75, 3.05) is 48.9 Å². The Labute approximate surface area is 153 Å². The Hall–Kier alpha value is -2.52. The van der Waals surface area contributed by atoms with Crippen molar-refractivity contribution < 1.29 is 0 Å². The van der Waals surface area contributed by atoms with Gasteiger partial charge < -0.3 is 14.7 Å². The van der Waals surface area contributed by atoms with E-state index in [1.165, 1.54) is 0 Å². The first kappa shape index (κ1) is 17.3. The zero-order chi connectivity index (χ0) is 18.0. The quantitative estimate of drug-likeness (QED) is 0.839. The van der Waals surface area contributed by atoms with E-state index in [-0.39, 0.29) is 0 Å². The van der Waals surface area contributed by atoms with E-state index in [1.807, 2.05) is 37.2 Å². The van der Waals surface area contributed by atoms with Gasteiger partial charge in [-0.15, -0.1) is 0 Å². The molecule has 1 atom stereocenters. The Balaban J connectivity index is 1.78. The average Bonchev–Trinajstić information content (AvgIpc) is 3.10. The molecule has 2 heterocycles. The van der Waals surface area contributed by atoms with E-state index >= 15 is 0 Å². The maximum absolute atomic E-state index is 9.40. The molecule has 7 heteroatoms. The maximum atomic E-state index is 9.40. The van der Waals surface area contributed by atoms with Crippen LogP contribution in [0.3, 0.4) is 0 Å². The van der Waals surface area contributed by atoms with Crippen LogP contribution in [-0.2, 0) is 0 Å². The van der Waals surface area contributed by atoms with E-state index in [9.17, 15) is 5.26 Å². The summed E-state index contributed by atoms with van der Waals surface area (Å²) < 4.78 is 0. The smallest absolute Gasteiger partial charge is 0.134 e. The Kier molecular flexibility index (Phi) is 4.95. The number of benzene rings is 1. The highest BCUT2D eigenvalue weighted by atomic mass is 35.5. The molecule has 3 rings (SSSR count). The number of hydrogen-bond acceptors (Lipinski definition) is 6. The van der Waals surface area contributed by atoms with Crippen molar-refractivity contribution in [2.45, 2.75) is 12.5 Å². The monoisotopic (exact) mass is 356 g/mol. The highest BCUT2D eigenvalue weighted by Crippen LogP contribution is 2.31. The minimum absolute atomic E-state index is 0.315. The Morgan fingerprint density at radius 2 is 2.00 bits per heavy atom. The van der Waals surface area contributed by atoms with Gasteiger partial charge in [-0.2, -0.15) is 5.26 Å². The fourth-order valence-corrected chi connectivity index (χ4v) is 3.34. The first-order valence-corrected chi connectivity index (χ1v) is 8.55. The molecule has 1 saturated heterocycles. The van der Waals surface area contributed by atoms with Gasteiger partial charge in [0, 0.05) is 46.3 Å². The number of halogens is 1. The molecule has 0 spiro atoms. The van der Waals surface area contributed by atoms with Gasteiger partial charge in [0.25, 0.3) is 0 Å². The lowest BCUT2D eigenvalue weighted by atomic mass is 10.2. The third kappa shape index (κ3) is 3.47. The van der Waals surface area contributed by atoms with Crippen LogP contribution >= 0.6 is 11.6 Å². The van der Waals surface area contributed by atoms with Gasteiger partial charge in [-0.05, 0) is 18.6 Å². The molecule has 6 nitrogen and oxygen atoms in total. The van der Waals surface area contributed by atoms with Gasteiger partial charge in [0.2, 0.25) is 0 Å². The Morgan fingerprint density at radius 3 is 2.72 bits per heavy atom. The topological polar surface area (TPSA) is 59.3 Å². The summed E-state index contributed by atoms with van der Waals surface area (Å²) in [5.74, 6) is 1.78. The zero-order valence-corrected chi connectivity index (χ0v) is 15.4. The van der Waals surface area contributed by atoms with Crippen LogP contribution in [0.5, 0.6) is 0 Å². The molecule has 25 heavy (non-hydrogen) atoms. The van der Waals surface area contributed by atoms with Crippen LogP contribution in [0, 0.1) is 11.3 Å². The number of nitriles is 1. The SMILES string of the molecule is CN(C)c1cc(N(C)C2CCN(c3cccc(Cl)c3C#N)C2)ncn1. The first-order chi connectivity index (χ1) is 12.0. The summed E-state index contributed by atoms with van der Waals surface area (Å²) in [4.78, 5) is 15.0. The molecule has 0 radical (unpaired) electrons. The number of anilines is 3. The molecule has 0 aliphatic carbocycles.